The molecule has 17 heavy (non-hydrogen) atoms. The molecule has 0 aromatic heterocycles. The van der Waals surface area contributed by atoms with Crippen molar-refractivity contribution >= 4 is 0 Å². The minimum atomic E-state index is 0.680. The van der Waals surface area contributed by atoms with Crippen LogP contribution in [0.4, 0.5) is 0 Å². The predicted molar refractivity (Wildman–Crippen MR) is 74.3 cm³/mol. The number of nitrogens with zero attached hydrogens (tertiary/aromatic N) is 1. The van der Waals surface area contributed by atoms with Crippen molar-refractivity contribution in [1.29, 1.82) is 0 Å². The van der Waals surface area contributed by atoms with Crippen LogP contribution in [0.3, 0.4) is 0 Å². The molecular formula is C15H30N2. The molecule has 1 saturated heterocycles. The molecular weight excluding hydrogens is 208 g/mol. The molecule has 1 aliphatic carbocycles. The van der Waals surface area contributed by atoms with Crippen molar-refractivity contribution in [2.75, 3.05) is 13.1 Å². The Labute approximate surface area is 107 Å². The molecule has 1 heterocycles. The largest absolute Gasteiger partial charge is 0.313 e. The van der Waals surface area contributed by atoms with Gasteiger partial charge in [0.1, 0.15) is 0 Å². The van der Waals surface area contributed by atoms with E-state index in [1.807, 2.05) is 0 Å². The van der Waals surface area contributed by atoms with Crippen molar-refractivity contribution in [2.45, 2.75) is 77.4 Å². The Hall–Kier alpha value is -0.0800. The van der Waals surface area contributed by atoms with Crippen LogP contribution in [0, 0.1) is 5.92 Å². The van der Waals surface area contributed by atoms with Crippen LogP contribution >= 0.6 is 0 Å². The molecule has 0 aromatic rings. The molecule has 0 radical (unpaired) electrons. The highest BCUT2D eigenvalue weighted by Gasteiger charge is 2.38. The van der Waals surface area contributed by atoms with Gasteiger partial charge < -0.3 is 5.32 Å². The van der Waals surface area contributed by atoms with Crippen molar-refractivity contribution in [3.8, 4) is 0 Å². The van der Waals surface area contributed by atoms with Crippen molar-refractivity contribution in [3.05, 3.63) is 0 Å². The van der Waals surface area contributed by atoms with Crippen molar-refractivity contribution in [2.24, 2.45) is 5.92 Å². The molecule has 4 atom stereocenters. The number of rotatable bonds is 5. The van der Waals surface area contributed by atoms with E-state index in [0.29, 0.717) is 12.1 Å². The molecule has 2 aliphatic rings. The van der Waals surface area contributed by atoms with Gasteiger partial charge in [-0.1, -0.05) is 20.3 Å². The average molecular weight is 238 g/mol. The van der Waals surface area contributed by atoms with Crippen LogP contribution in [-0.2, 0) is 0 Å². The lowest BCUT2D eigenvalue weighted by Crippen LogP contribution is -2.54. The van der Waals surface area contributed by atoms with E-state index in [4.69, 9.17) is 0 Å². The number of piperidine rings is 1. The summed E-state index contributed by atoms with van der Waals surface area (Å²) in [5.41, 5.74) is 0. The van der Waals surface area contributed by atoms with E-state index < -0.39 is 0 Å². The summed E-state index contributed by atoms with van der Waals surface area (Å²) in [6.07, 6.45) is 8.59. The normalized spacial score (nSPS) is 33.4. The summed E-state index contributed by atoms with van der Waals surface area (Å²) in [4.78, 5) is 2.83. The number of fused-ring (bicyclic) bond motifs is 1. The standard InChI is InChI=1S/C15H30N2/c1-4-14(16-5-2)12(3)17-11-7-9-13-8-6-10-15(13)17/h12-16H,4-11H2,1-3H3. The number of nitrogens with one attached hydrogen (secondary N) is 1. The summed E-state index contributed by atoms with van der Waals surface area (Å²) in [6, 6.07) is 2.30. The van der Waals surface area contributed by atoms with Crippen LogP contribution in [-0.4, -0.2) is 36.1 Å². The molecule has 4 unspecified atom stereocenters. The Kier molecular flexibility index (Phi) is 4.87. The van der Waals surface area contributed by atoms with Crippen LogP contribution in [0.5, 0.6) is 0 Å². The molecule has 100 valence electrons. The first-order valence-electron chi connectivity index (χ1n) is 7.77. The molecule has 2 heteroatoms. The smallest absolute Gasteiger partial charge is 0.0224 e. The minimum absolute atomic E-state index is 0.680. The molecule has 1 saturated carbocycles. The molecule has 0 bridgehead atoms. The van der Waals surface area contributed by atoms with Gasteiger partial charge in [-0.3, -0.25) is 4.90 Å². The summed E-state index contributed by atoms with van der Waals surface area (Å²) in [5, 5.41) is 3.67. The van der Waals surface area contributed by atoms with Crippen LogP contribution in [0.15, 0.2) is 0 Å². The van der Waals surface area contributed by atoms with E-state index in [2.05, 4.69) is 31.0 Å². The van der Waals surface area contributed by atoms with Crippen LogP contribution in [0.25, 0.3) is 0 Å². The van der Waals surface area contributed by atoms with Crippen molar-refractivity contribution < 1.29 is 0 Å². The van der Waals surface area contributed by atoms with Gasteiger partial charge in [0, 0.05) is 18.1 Å². The Morgan fingerprint density at radius 2 is 1.94 bits per heavy atom. The molecule has 2 fully saturated rings. The lowest BCUT2D eigenvalue weighted by Gasteiger charge is -2.44. The van der Waals surface area contributed by atoms with Gasteiger partial charge in [-0.25, -0.2) is 0 Å². The first-order chi connectivity index (χ1) is 8.27. The number of hydrogen-bond donors (Lipinski definition) is 1. The van der Waals surface area contributed by atoms with Gasteiger partial charge in [0.15, 0.2) is 0 Å². The first-order valence-corrected chi connectivity index (χ1v) is 7.77. The zero-order valence-corrected chi connectivity index (χ0v) is 11.9. The quantitative estimate of drug-likeness (QED) is 0.792. The third-order valence-electron chi connectivity index (χ3n) is 5.05. The third kappa shape index (κ3) is 2.85. The topological polar surface area (TPSA) is 15.3 Å². The number of likely N-dealkylation sites (tertiary alicyclic amines) is 1. The van der Waals surface area contributed by atoms with Gasteiger partial charge in [-0.2, -0.15) is 0 Å². The highest BCUT2D eigenvalue weighted by Crippen LogP contribution is 2.38. The number of likely N-dealkylation sites (N-methyl/N-ethyl adjacent to an activating group) is 1. The van der Waals surface area contributed by atoms with E-state index in [1.54, 1.807) is 0 Å². The van der Waals surface area contributed by atoms with E-state index in [0.717, 1.165) is 18.5 Å². The SMILES string of the molecule is CCNC(CC)C(C)N1CCCC2CCCC21. The van der Waals surface area contributed by atoms with Crippen LogP contribution < -0.4 is 5.32 Å². The molecule has 0 spiro atoms. The van der Waals surface area contributed by atoms with Gasteiger partial charge in [0.25, 0.3) is 0 Å². The molecule has 0 amide bonds. The second-order valence-electron chi connectivity index (χ2n) is 5.95. The summed E-state index contributed by atoms with van der Waals surface area (Å²) in [7, 11) is 0. The lowest BCUT2D eigenvalue weighted by molar-refractivity contribution is 0.0564. The fraction of sp³-hybridized carbons (Fsp3) is 1.00. The summed E-state index contributed by atoms with van der Waals surface area (Å²) in [5.74, 6) is 1.02. The summed E-state index contributed by atoms with van der Waals surface area (Å²) >= 11 is 0. The van der Waals surface area contributed by atoms with E-state index in [1.165, 1.54) is 45.1 Å². The second-order valence-corrected chi connectivity index (χ2v) is 5.95. The van der Waals surface area contributed by atoms with E-state index >= 15 is 0 Å². The molecule has 1 aliphatic heterocycles. The molecule has 2 rings (SSSR count). The fourth-order valence-corrected chi connectivity index (χ4v) is 4.15. The van der Waals surface area contributed by atoms with Gasteiger partial charge >= 0.3 is 0 Å². The van der Waals surface area contributed by atoms with E-state index in [9.17, 15) is 0 Å². The zero-order chi connectivity index (χ0) is 12.3. The Morgan fingerprint density at radius 1 is 1.18 bits per heavy atom. The highest BCUT2D eigenvalue weighted by molar-refractivity contribution is 4.93. The zero-order valence-electron chi connectivity index (χ0n) is 11.9. The monoisotopic (exact) mass is 238 g/mol. The van der Waals surface area contributed by atoms with Crippen LogP contribution in [0.2, 0.25) is 0 Å². The maximum atomic E-state index is 3.67. The molecule has 2 nitrogen and oxygen atoms in total. The summed E-state index contributed by atoms with van der Waals surface area (Å²) in [6.45, 7) is 9.43. The molecule has 1 N–H and O–H groups in total. The summed E-state index contributed by atoms with van der Waals surface area (Å²) < 4.78 is 0. The van der Waals surface area contributed by atoms with Gasteiger partial charge in [-0.15, -0.1) is 0 Å². The van der Waals surface area contributed by atoms with Gasteiger partial charge in [0.05, 0.1) is 0 Å². The number of hydrogen-bond acceptors (Lipinski definition) is 2. The van der Waals surface area contributed by atoms with E-state index in [-0.39, 0.29) is 0 Å². The Morgan fingerprint density at radius 3 is 2.65 bits per heavy atom. The third-order valence-corrected chi connectivity index (χ3v) is 5.05. The van der Waals surface area contributed by atoms with Gasteiger partial charge in [0.2, 0.25) is 0 Å². The maximum Gasteiger partial charge on any atom is 0.0224 e. The predicted octanol–water partition coefficient (Wildman–Crippen LogP) is 3.03. The average Bonchev–Trinajstić information content (AvgIpc) is 2.83. The fourth-order valence-electron chi connectivity index (χ4n) is 4.15. The highest BCUT2D eigenvalue weighted by atomic mass is 15.2. The van der Waals surface area contributed by atoms with Gasteiger partial charge in [-0.05, 0) is 58.0 Å². The van der Waals surface area contributed by atoms with Crippen molar-refractivity contribution in [1.82, 2.24) is 10.2 Å². The lowest BCUT2D eigenvalue weighted by atomic mass is 9.89. The minimum Gasteiger partial charge on any atom is -0.313 e. The van der Waals surface area contributed by atoms with Crippen LogP contribution in [0.1, 0.15) is 59.3 Å². The van der Waals surface area contributed by atoms with Crippen molar-refractivity contribution in [3.63, 3.8) is 0 Å². The maximum absolute atomic E-state index is 3.67. The molecule has 0 aromatic carbocycles. The Bertz CT molecular complexity index is 229. The second kappa shape index (κ2) is 6.19. The Balaban J connectivity index is 1.98. The first kappa shape index (κ1) is 13.4.